The number of benzene rings is 1. The number of aromatic nitrogens is 3. The fourth-order valence-corrected chi connectivity index (χ4v) is 7.09. The predicted molar refractivity (Wildman–Crippen MR) is 165 cm³/mol. The maximum Gasteiger partial charge on any atom is 0.254 e. The normalized spacial score (nSPS) is 17.9. The van der Waals surface area contributed by atoms with E-state index >= 15 is 0 Å². The first-order valence-corrected chi connectivity index (χ1v) is 15.7. The van der Waals surface area contributed by atoms with Gasteiger partial charge in [-0.25, -0.2) is 9.37 Å². The van der Waals surface area contributed by atoms with Crippen molar-refractivity contribution in [3.8, 4) is 5.75 Å². The highest BCUT2D eigenvalue weighted by molar-refractivity contribution is 5.98. The number of hydrogen-bond donors (Lipinski definition) is 1. The van der Waals surface area contributed by atoms with Crippen LogP contribution in [0.4, 0.5) is 10.3 Å². The van der Waals surface area contributed by atoms with Gasteiger partial charge in [-0.05, 0) is 42.5 Å². The largest absolute Gasteiger partial charge is 0.491 e. The second-order valence-electron chi connectivity index (χ2n) is 12.2. The zero-order chi connectivity index (χ0) is 30.8. The molecular formula is C33H42FN7O3. The third kappa shape index (κ3) is 5.89. The second kappa shape index (κ2) is 12.6. The van der Waals surface area contributed by atoms with Gasteiger partial charge in [0, 0.05) is 101 Å². The quantitative estimate of drug-likeness (QED) is 0.378. The average molecular weight is 604 g/mol. The van der Waals surface area contributed by atoms with Gasteiger partial charge >= 0.3 is 0 Å². The number of amides is 2. The topological polar surface area (TPSA) is 95.8 Å². The maximum absolute atomic E-state index is 14.3. The van der Waals surface area contributed by atoms with Gasteiger partial charge < -0.3 is 24.4 Å². The molecule has 0 bridgehead atoms. The Kier molecular flexibility index (Phi) is 8.57. The lowest BCUT2D eigenvalue weighted by atomic mass is 9.60. The zero-order valence-corrected chi connectivity index (χ0v) is 25.9. The smallest absolute Gasteiger partial charge is 0.254 e. The Balaban J connectivity index is 1.32. The van der Waals surface area contributed by atoms with Gasteiger partial charge in [0.2, 0.25) is 11.9 Å². The molecule has 10 nitrogen and oxygen atoms in total. The highest BCUT2D eigenvalue weighted by Crippen LogP contribution is 2.50. The fraction of sp³-hybridized carbons (Fsp3) is 0.515. The van der Waals surface area contributed by atoms with Crippen molar-refractivity contribution in [3.63, 3.8) is 0 Å². The van der Waals surface area contributed by atoms with Crippen LogP contribution in [0.15, 0.2) is 36.8 Å². The second-order valence-corrected chi connectivity index (χ2v) is 12.2. The highest BCUT2D eigenvalue weighted by Gasteiger charge is 2.48. The molecule has 44 heavy (non-hydrogen) atoms. The van der Waals surface area contributed by atoms with Crippen molar-refractivity contribution in [1.82, 2.24) is 29.2 Å². The van der Waals surface area contributed by atoms with Crippen LogP contribution in [0.25, 0.3) is 0 Å². The Labute approximate surface area is 258 Å². The summed E-state index contributed by atoms with van der Waals surface area (Å²) in [5, 5.41) is 3.14. The van der Waals surface area contributed by atoms with E-state index in [2.05, 4.69) is 36.9 Å². The van der Waals surface area contributed by atoms with Crippen molar-refractivity contribution in [3.05, 3.63) is 70.6 Å². The number of anilines is 1. The Morgan fingerprint density at radius 2 is 1.91 bits per heavy atom. The molecule has 6 rings (SSSR count). The van der Waals surface area contributed by atoms with E-state index in [0.717, 1.165) is 69.1 Å². The summed E-state index contributed by atoms with van der Waals surface area (Å²) >= 11 is 0. The van der Waals surface area contributed by atoms with Gasteiger partial charge in [-0.2, -0.15) is 0 Å². The molecule has 2 fully saturated rings. The molecule has 1 saturated heterocycles. The Bertz CT molecular complexity index is 1530. The van der Waals surface area contributed by atoms with Crippen LogP contribution in [-0.2, 0) is 29.7 Å². The van der Waals surface area contributed by atoms with Crippen molar-refractivity contribution in [2.24, 2.45) is 0 Å². The fourth-order valence-electron chi connectivity index (χ4n) is 7.09. The summed E-state index contributed by atoms with van der Waals surface area (Å²) in [7, 11) is 1.85. The van der Waals surface area contributed by atoms with Crippen LogP contribution < -0.4 is 10.1 Å². The van der Waals surface area contributed by atoms with E-state index in [1.165, 1.54) is 17.3 Å². The molecular weight excluding hydrogens is 561 g/mol. The van der Waals surface area contributed by atoms with Crippen molar-refractivity contribution in [2.75, 3.05) is 58.2 Å². The molecule has 2 amide bonds. The third-order valence-electron chi connectivity index (χ3n) is 9.45. The van der Waals surface area contributed by atoms with E-state index in [-0.39, 0.29) is 23.0 Å². The van der Waals surface area contributed by atoms with Crippen LogP contribution in [0.5, 0.6) is 5.75 Å². The van der Waals surface area contributed by atoms with Crippen LogP contribution in [0, 0.1) is 5.82 Å². The average Bonchev–Trinajstić information content (AvgIpc) is 3.45. The number of halogens is 1. The van der Waals surface area contributed by atoms with Gasteiger partial charge in [0.15, 0.2) is 11.6 Å². The molecule has 1 N–H and O–H groups in total. The number of nitrogens with zero attached hydrogens (tertiary/aromatic N) is 6. The number of rotatable bonds is 10. The van der Waals surface area contributed by atoms with Crippen molar-refractivity contribution >= 4 is 17.8 Å². The van der Waals surface area contributed by atoms with Gasteiger partial charge in [-0.15, -0.1) is 0 Å². The lowest BCUT2D eigenvalue weighted by Gasteiger charge is -2.51. The monoisotopic (exact) mass is 603 g/mol. The van der Waals surface area contributed by atoms with Crippen LogP contribution in [-0.4, -0.2) is 94.0 Å². The lowest BCUT2D eigenvalue weighted by Crippen LogP contribution is -2.54. The first kappa shape index (κ1) is 30.1. The molecule has 1 aliphatic carbocycles. The minimum Gasteiger partial charge on any atom is -0.491 e. The molecule has 1 aromatic carbocycles. The summed E-state index contributed by atoms with van der Waals surface area (Å²) in [6.07, 6.45) is 8.66. The Morgan fingerprint density at radius 3 is 2.59 bits per heavy atom. The Hall–Kier alpha value is -3.99. The van der Waals surface area contributed by atoms with Crippen molar-refractivity contribution in [2.45, 2.75) is 58.0 Å². The van der Waals surface area contributed by atoms with Gasteiger partial charge in [0.05, 0.1) is 19.3 Å². The number of nitrogens with one attached hydrogen (secondary N) is 1. The number of piperazine rings is 1. The molecule has 3 aliphatic rings. The van der Waals surface area contributed by atoms with Gasteiger partial charge in [-0.3, -0.25) is 19.5 Å². The first-order chi connectivity index (χ1) is 21.3. The molecule has 1 spiro atoms. The van der Waals surface area contributed by atoms with E-state index < -0.39 is 5.82 Å². The van der Waals surface area contributed by atoms with E-state index in [4.69, 9.17) is 4.74 Å². The number of imidazole rings is 1. The lowest BCUT2D eigenvalue weighted by molar-refractivity contribution is -0.130. The minimum absolute atomic E-state index is 0.0358. The summed E-state index contributed by atoms with van der Waals surface area (Å²) in [5.41, 5.74) is 4.90. The standard InChI is InChI=1S/C33H42FN7O3/c1-4-44-29-18-26(37-19-28(29)34)6-10-41-22-33(7-5-8-33)30-25(21-38-12-14-39(15-13-38)23(2)42)16-24(17-27(30)31(41)43)20-40-11-9-36-32(40)35-3/h9,11,16-19H,4-8,10,12-15,20-22H2,1-3H3,(H,35,36). The molecule has 0 radical (unpaired) electrons. The minimum atomic E-state index is -0.478. The van der Waals surface area contributed by atoms with Crippen LogP contribution >= 0.6 is 0 Å². The van der Waals surface area contributed by atoms with Gasteiger partial charge in [0.25, 0.3) is 5.91 Å². The maximum atomic E-state index is 14.3. The van der Waals surface area contributed by atoms with Crippen molar-refractivity contribution < 1.29 is 18.7 Å². The molecule has 11 heteroatoms. The molecule has 234 valence electrons. The highest BCUT2D eigenvalue weighted by atomic mass is 19.1. The van der Waals surface area contributed by atoms with Crippen LogP contribution in [0.1, 0.15) is 65.9 Å². The number of hydrogen-bond acceptors (Lipinski definition) is 7. The van der Waals surface area contributed by atoms with E-state index in [1.54, 1.807) is 19.2 Å². The number of carbonyl (C=O) groups excluding carboxylic acids is 2. The molecule has 0 atom stereocenters. The molecule has 2 aromatic heterocycles. The van der Waals surface area contributed by atoms with E-state index in [9.17, 15) is 14.0 Å². The van der Waals surface area contributed by atoms with Gasteiger partial charge in [0.1, 0.15) is 0 Å². The summed E-state index contributed by atoms with van der Waals surface area (Å²) < 4.78 is 21.6. The summed E-state index contributed by atoms with van der Waals surface area (Å²) in [6.45, 7) is 9.41. The van der Waals surface area contributed by atoms with Crippen LogP contribution in [0.2, 0.25) is 0 Å². The summed E-state index contributed by atoms with van der Waals surface area (Å²) in [4.78, 5) is 41.2. The summed E-state index contributed by atoms with van der Waals surface area (Å²) in [6, 6.07) is 6.02. The van der Waals surface area contributed by atoms with Crippen molar-refractivity contribution in [1.29, 1.82) is 0 Å². The molecule has 1 saturated carbocycles. The van der Waals surface area contributed by atoms with E-state index in [1.807, 2.05) is 30.0 Å². The van der Waals surface area contributed by atoms with Crippen LogP contribution in [0.3, 0.4) is 0 Å². The van der Waals surface area contributed by atoms with Gasteiger partial charge in [-0.1, -0.05) is 12.5 Å². The third-order valence-corrected chi connectivity index (χ3v) is 9.45. The Morgan fingerprint density at radius 1 is 1.11 bits per heavy atom. The van der Waals surface area contributed by atoms with E-state index in [0.29, 0.717) is 38.4 Å². The number of fused-ring (bicyclic) bond motifs is 2. The molecule has 3 aromatic rings. The number of carbonyl (C=O) groups is 2. The summed E-state index contributed by atoms with van der Waals surface area (Å²) in [5.74, 6) is 0.643. The SMILES string of the molecule is CCOc1cc(CCN2CC3(CCC3)c3c(CN4CCN(C(C)=O)CC4)cc(Cn4ccnc4NC)cc3C2=O)ncc1F. The molecule has 2 aliphatic heterocycles. The molecule has 4 heterocycles. The number of pyridine rings is 1. The zero-order valence-electron chi connectivity index (χ0n) is 25.9. The molecule has 0 unspecified atom stereocenters. The first-order valence-electron chi connectivity index (χ1n) is 15.7. The number of ether oxygens (including phenoxy) is 1. The predicted octanol–water partition coefficient (Wildman–Crippen LogP) is 3.69.